The van der Waals surface area contributed by atoms with E-state index in [0.717, 1.165) is 11.1 Å². The fourth-order valence-electron chi connectivity index (χ4n) is 2.16. The molecule has 2 amide bonds. The normalized spacial score (nSPS) is 11.1. The summed E-state index contributed by atoms with van der Waals surface area (Å²) in [5.74, 6) is -0.289. The molecule has 0 spiro atoms. The van der Waals surface area contributed by atoms with Crippen molar-refractivity contribution in [2.45, 2.75) is 32.9 Å². The topological polar surface area (TPSA) is 41.1 Å². The molecule has 0 unspecified atom stereocenters. The fraction of sp³-hybridized carbons (Fsp3) is 0.278. The highest BCUT2D eigenvalue weighted by molar-refractivity contribution is 5.75. The van der Waals surface area contributed by atoms with Crippen LogP contribution in [0.1, 0.15) is 30.5 Å². The highest BCUT2D eigenvalue weighted by Crippen LogP contribution is 2.20. The predicted molar refractivity (Wildman–Crippen MR) is 86.0 cm³/mol. The van der Waals surface area contributed by atoms with Crippen LogP contribution in [0.2, 0.25) is 0 Å². The van der Waals surface area contributed by atoms with Gasteiger partial charge in [-0.15, -0.1) is 0 Å². The van der Waals surface area contributed by atoms with Crippen molar-refractivity contribution in [3.63, 3.8) is 0 Å². The number of benzene rings is 2. The van der Waals surface area contributed by atoms with E-state index in [4.69, 9.17) is 0 Å². The number of urea groups is 1. The van der Waals surface area contributed by atoms with Crippen LogP contribution in [0.3, 0.4) is 0 Å². The van der Waals surface area contributed by atoms with Crippen LogP contribution in [0.15, 0.2) is 48.5 Å². The third-order valence-electron chi connectivity index (χ3n) is 3.57. The average molecular weight is 300 g/mol. The van der Waals surface area contributed by atoms with Crippen molar-refractivity contribution in [1.82, 2.24) is 10.6 Å². The fourth-order valence-corrected chi connectivity index (χ4v) is 2.16. The molecule has 22 heavy (non-hydrogen) atoms. The number of nitrogens with one attached hydrogen (secondary N) is 2. The summed E-state index contributed by atoms with van der Waals surface area (Å²) in [5.41, 5.74) is 2.50. The van der Waals surface area contributed by atoms with Gasteiger partial charge in [0.2, 0.25) is 0 Å². The van der Waals surface area contributed by atoms with Crippen LogP contribution in [0, 0.1) is 12.7 Å². The number of halogens is 1. The van der Waals surface area contributed by atoms with E-state index in [-0.39, 0.29) is 11.8 Å². The number of rotatable bonds is 4. The first-order valence-corrected chi connectivity index (χ1v) is 7.24. The summed E-state index contributed by atoms with van der Waals surface area (Å²) in [6.07, 6.45) is 0. The molecule has 0 aliphatic carbocycles. The van der Waals surface area contributed by atoms with Crippen molar-refractivity contribution in [2.24, 2.45) is 0 Å². The van der Waals surface area contributed by atoms with Crippen LogP contribution < -0.4 is 10.6 Å². The minimum atomic E-state index is -0.578. The lowest BCUT2D eigenvalue weighted by molar-refractivity contribution is 0.229. The van der Waals surface area contributed by atoms with Gasteiger partial charge in [-0.1, -0.05) is 42.0 Å². The second kappa shape index (κ2) is 6.60. The quantitative estimate of drug-likeness (QED) is 0.884. The predicted octanol–water partition coefficient (Wildman–Crippen LogP) is 3.87. The van der Waals surface area contributed by atoms with Crippen molar-refractivity contribution in [2.75, 3.05) is 0 Å². The van der Waals surface area contributed by atoms with E-state index in [1.807, 2.05) is 45.0 Å². The maximum atomic E-state index is 13.0. The number of amides is 2. The Morgan fingerprint density at radius 3 is 2.23 bits per heavy atom. The summed E-state index contributed by atoms with van der Waals surface area (Å²) < 4.78 is 13.0. The van der Waals surface area contributed by atoms with E-state index >= 15 is 0 Å². The minimum absolute atomic E-state index is 0.255. The van der Waals surface area contributed by atoms with Gasteiger partial charge in [0, 0.05) is 6.54 Å². The summed E-state index contributed by atoms with van der Waals surface area (Å²) in [4.78, 5) is 12.0. The average Bonchev–Trinajstić information content (AvgIpc) is 2.46. The Morgan fingerprint density at radius 1 is 1.05 bits per heavy atom. The zero-order valence-electron chi connectivity index (χ0n) is 13.1. The molecule has 0 aromatic heterocycles. The maximum Gasteiger partial charge on any atom is 0.315 e. The summed E-state index contributed by atoms with van der Waals surface area (Å²) >= 11 is 0. The Morgan fingerprint density at radius 2 is 1.64 bits per heavy atom. The third-order valence-corrected chi connectivity index (χ3v) is 3.57. The molecule has 0 saturated heterocycles. The second-order valence-corrected chi connectivity index (χ2v) is 5.93. The van der Waals surface area contributed by atoms with Crippen LogP contribution in [0.25, 0.3) is 0 Å². The van der Waals surface area contributed by atoms with Gasteiger partial charge in [0.15, 0.2) is 0 Å². The zero-order valence-corrected chi connectivity index (χ0v) is 13.1. The summed E-state index contributed by atoms with van der Waals surface area (Å²) in [6, 6.07) is 13.9. The van der Waals surface area contributed by atoms with Gasteiger partial charge >= 0.3 is 6.03 Å². The molecule has 0 heterocycles. The summed E-state index contributed by atoms with van der Waals surface area (Å²) in [7, 11) is 0. The maximum absolute atomic E-state index is 13.0. The monoisotopic (exact) mass is 300 g/mol. The van der Waals surface area contributed by atoms with Gasteiger partial charge in [0.05, 0.1) is 5.54 Å². The first-order chi connectivity index (χ1) is 10.4. The van der Waals surface area contributed by atoms with Crippen LogP contribution >= 0.6 is 0 Å². The molecule has 0 bridgehead atoms. The van der Waals surface area contributed by atoms with Gasteiger partial charge in [-0.05, 0) is 44.0 Å². The van der Waals surface area contributed by atoms with Crippen LogP contribution in [-0.4, -0.2) is 6.03 Å². The second-order valence-electron chi connectivity index (χ2n) is 5.93. The van der Waals surface area contributed by atoms with Crippen molar-refractivity contribution >= 4 is 6.03 Å². The highest BCUT2D eigenvalue weighted by atomic mass is 19.1. The van der Waals surface area contributed by atoms with E-state index in [1.165, 1.54) is 17.7 Å². The van der Waals surface area contributed by atoms with Gasteiger partial charge in [0.25, 0.3) is 0 Å². The van der Waals surface area contributed by atoms with E-state index in [0.29, 0.717) is 6.54 Å². The lowest BCUT2D eigenvalue weighted by Gasteiger charge is -2.27. The molecule has 116 valence electrons. The molecular weight excluding hydrogens is 279 g/mol. The molecular formula is C18H21FN2O. The van der Waals surface area contributed by atoms with Crippen molar-refractivity contribution in [3.8, 4) is 0 Å². The Bertz CT molecular complexity index is 633. The first-order valence-electron chi connectivity index (χ1n) is 7.24. The summed E-state index contributed by atoms with van der Waals surface area (Å²) in [5, 5.41) is 5.73. The Kier molecular flexibility index (Phi) is 4.81. The SMILES string of the molecule is Cc1ccc(CNC(=O)NC(C)(C)c2ccc(F)cc2)cc1. The molecule has 0 atom stereocenters. The Labute approximate surface area is 130 Å². The Hall–Kier alpha value is -2.36. The zero-order chi connectivity index (χ0) is 16.2. The molecule has 2 aromatic carbocycles. The number of hydrogen-bond donors (Lipinski definition) is 2. The van der Waals surface area contributed by atoms with E-state index in [1.54, 1.807) is 12.1 Å². The van der Waals surface area contributed by atoms with E-state index in [2.05, 4.69) is 10.6 Å². The smallest absolute Gasteiger partial charge is 0.315 e. The molecule has 0 saturated carbocycles. The Balaban J connectivity index is 1.92. The largest absolute Gasteiger partial charge is 0.334 e. The first kappa shape index (κ1) is 16.0. The van der Waals surface area contributed by atoms with Gasteiger partial charge < -0.3 is 10.6 Å². The van der Waals surface area contributed by atoms with Gasteiger partial charge in [-0.2, -0.15) is 0 Å². The lowest BCUT2D eigenvalue weighted by Crippen LogP contribution is -2.46. The third kappa shape index (κ3) is 4.32. The molecule has 0 radical (unpaired) electrons. The number of carbonyl (C=O) groups excluding carboxylic acids is 1. The van der Waals surface area contributed by atoms with Crippen molar-refractivity contribution in [1.29, 1.82) is 0 Å². The van der Waals surface area contributed by atoms with E-state index < -0.39 is 5.54 Å². The van der Waals surface area contributed by atoms with Crippen LogP contribution in [0.5, 0.6) is 0 Å². The molecule has 0 aliphatic rings. The van der Waals surface area contributed by atoms with Crippen molar-refractivity contribution in [3.05, 3.63) is 71.0 Å². The molecule has 0 aliphatic heterocycles. The van der Waals surface area contributed by atoms with Gasteiger partial charge in [0.1, 0.15) is 5.82 Å². The molecule has 3 nitrogen and oxygen atoms in total. The highest BCUT2D eigenvalue weighted by Gasteiger charge is 2.22. The number of aryl methyl sites for hydroxylation is 1. The van der Waals surface area contributed by atoms with Gasteiger partial charge in [-0.25, -0.2) is 9.18 Å². The standard InChI is InChI=1S/C18H21FN2O/c1-13-4-6-14(7-5-13)12-20-17(22)21-18(2,3)15-8-10-16(19)11-9-15/h4-11H,12H2,1-3H3,(H2,20,21,22). The molecule has 0 fully saturated rings. The van der Waals surface area contributed by atoms with Crippen LogP contribution in [0.4, 0.5) is 9.18 Å². The number of carbonyl (C=O) groups is 1. The van der Waals surface area contributed by atoms with Crippen LogP contribution in [-0.2, 0) is 12.1 Å². The summed E-state index contributed by atoms with van der Waals surface area (Å²) in [6.45, 7) is 6.25. The molecule has 4 heteroatoms. The minimum Gasteiger partial charge on any atom is -0.334 e. The van der Waals surface area contributed by atoms with E-state index in [9.17, 15) is 9.18 Å². The molecule has 2 N–H and O–H groups in total. The number of hydrogen-bond acceptors (Lipinski definition) is 1. The molecule has 2 aromatic rings. The molecule has 2 rings (SSSR count). The van der Waals surface area contributed by atoms with Gasteiger partial charge in [-0.3, -0.25) is 0 Å². The lowest BCUT2D eigenvalue weighted by atomic mass is 9.94. The van der Waals surface area contributed by atoms with Crippen molar-refractivity contribution < 1.29 is 9.18 Å².